The summed E-state index contributed by atoms with van der Waals surface area (Å²) in [6.45, 7) is -0.383. The first-order chi connectivity index (χ1) is 21.4. The van der Waals surface area contributed by atoms with Gasteiger partial charge in [-0.3, -0.25) is 4.79 Å². The molecule has 1 saturated heterocycles. The highest BCUT2D eigenvalue weighted by molar-refractivity contribution is 5.91. The van der Waals surface area contributed by atoms with E-state index in [1.807, 2.05) is 0 Å². The molecular formula is C31H25N5O8. The molecule has 0 radical (unpaired) electrons. The van der Waals surface area contributed by atoms with Gasteiger partial charge in [0.1, 0.15) is 24.0 Å². The number of hydrogen-bond donors (Lipinski definition) is 2. The van der Waals surface area contributed by atoms with E-state index in [1.165, 1.54) is 10.7 Å². The van der Waals surface area contributed by atoms with Crippen LogP contribution >= 0.6 is 0 Å². The van der Waals surface area contributed by atoms with E-state index in [4.69, 9.17) is 24.7 Å². The van der Waals surface area contributed by atoms with E-state index in [1.54, 1.807) is 91.0 Å². The standard InChI is InChI=1S/C31H25N5O8/c32-23-16-21-24(27(37)33-23)34-35-36(21)28-26(44-31(40)20-14-8-3-9-15-20)25(43-30(39)19-12-6-2-7-13-19)22(42-28)17-41-29(38)18-10-4-1-5-11-18/h1-16,22,25-26,28H,17H2,(H3,32,33,37)/t22-,25+,26-,28-/m1/s1. The Kier molecular flexibility index (Phi) is 7.84. The van der Waals surface area contributed by atoms with E-state index < -0.39 is 48.0 Å². The number of fused-ring (bicyclic) bond motifs is 1. The van der Waals surface area contributed by atoms with Gasteiger partial charge in [-0.15, -0.1) is 5.10 Å². The maximum Gasteiger partial charge on any atom is 0.338 e. The first-order valence-corrected chi connectivity index (χ1v) is 13.5. The number of rotatable bonds is 8. The zero-order valence-electron chi connectivity index (χ0n) is 22.9. The van der Waals surface area contributed by atoms with Crippen LogP contribution in [0.5, 0.6) is 0 Å². The van der Waals surface area contributed by atoms with Gasteiger partial charge in [0.2, 0.25) is 0 Å². The van der Waals surface area contributed by atoms with Crippen molar-refractivity contribution in [2.45, 2.75) is 24.5 Å². The van der Waals surface area contributed by atoms with Crippen molar-refractivity contribution in [2.75, 3.05) is 12.3 Å². The molecule has 0 unspecified atom stereocenters. The number of ether oxygens (including phenoxy) is 4. The fourth-order valence-electron chi connectivity index (χ4n) is 4.81. The summed E-state index contributed by atoms with van der Waals surface area (Å²) in [4.78, 5) is 54.4. The quantitative estimate of drug-likeness (QED) is 0.199. The van der Waals surface area contributed by atoms with Crippen molar-refractivity contribution in [3.63, 3.8) is 0 Å². The number of carbonyl (C=O) groups excluding carboxylic acids is 3. The molecule has 2 aromatic heterocycles. The van der Waals surface area contributed by atoms with Crippen LogP contribution in [0, 0.1) is 0 Å². The Bertz CT molecular complexity index is 1860. The number of aromatic nitrogens is 4. The molecule has 44 heavy (non-hydrogen) atoms. The third-order valence-electron chi connectivity index (χ3n) is 6.92. The van der Waals surface area contributed by atoms with Crippen LogP contribution in [0.3, 0.4) is 0 Å². The van der Waals surface area contributed by atoms with Crippen LogP contribution in [-0.2, 0) is 18.9 Å². The first kappa shape index (κ1) is 28.3. The van der Waals surface area contributed by atoms with E-state index in [9.17, 15) is 19.2 Å². The SMILES string of the molecule is Nc1cc2c(nnn2[C@@H]2O[C@H](COC(=O)c3ccccc3)[C@H](OC(=O)c3ccccc3)[C@H]2OC(=O)c2ccccc2)c(=O)[nH]1. The van der Waals surface area contributed by atoms with Crippen LogP contribution in [0.25, 0.3) is 11.0 Å². The lowest BCUT2D eigenvalue weighted by atomic mass is 10.1. The Hall–Kier alpha value is -5.82. The molecule has 1 aliphatic heterocycles. The fourth-order valence-corrected chi connectivity index (χ4v) is 4.81. The number of nitrogen functional groups attached to an aromatic ring is 1. The number of aromatic amines is 1. The second-order valence-electron chi connectivity index (χ2n) is 9.82. The normalized spacial score (nSPS) is 19.4. The Morgan fingerprint density at radius 1 is 0.795 bits per heavy atom. The Morgan fingerprint density at radius 3 is 1.89 bits per heavy atom. The Labute approximate surface area is 249 Å². The minimum Gasteiger partial charge on any atom is -0.459 e. The summed E-state index contributed by atoms with van der Waals surface area (Å²) in [5, 5.41) is 8.03. The molecule has 0 saturated carbocycles. The third kappa shape index (κ3) is 5.76. The number of esters is 3. The summed E-state index contributed by atoms with van der Waals surface area (Å²) in [5.74, 6) is -2.09. The highest BCUT2D eigenvalue weighted by Crippen LogP contribution is 2.36. The molecule has 3 heterocycles. The predicted octanol–water partition coefficient (Wildman–Crippen LogP) is 2.91. The van der Waals surface area contributed by atoms with Crippen LogP contribution in [-0.4, -0.2) is 62.8 Å². The molecule has 222 valence electrons. The van der Waals surface area contributed by atoms with E-state index in [2.05, 4.69) is 15.3 Å². The summed E-state index contributed by atoms with van der Waals surface area (Å²) in [7, 11) is 0. The van der Waals surface area contributed by atoms with E-state index in [-0.39, 0.29) is 34.6 Å². The highest BCUT2D eigenvalue weighted by atomic mass is 16.7. The molecular weight excluding hydrogens is 570 g/mol. The highest BCUT2D eigenvalue weighted by Gasteiger charge is 2.52. The maximum absolute atomic E-state index is 13.3. The number of H-pyrrole nitrogens is 1. The van der Waals surface area contributed by atoms with Crippen LogP contribution < -0.4 is 11.3 Å². The summed E-state index contributed by atoms with van der Waals surface area (Å²) < 4.78 is 24.8. The lowest BCUT2D eigenvalue weighted by Crippen LogP contribution is -2.41. The van der Waals surface area contributed by atoms with Crippen molar-refractivity contribution >= 4 is 34.8 Å². The van der Waals surface area contributed by atoms with Gasteiger partial charge in [0.05, 0.1) is 16.7 Å². The van der Waals surface area contributed by atoms with Crippen molar-refractivity contribution in [1.82, 2.24) is 20.0 Å². The summed E-state index contributed by atoms with van der Waals surface area (Å²) >= 11 is 0. The van der Waals surface area contributed by atoms with Crippen LogP contribution in [0.15, 0.2) is 102 Å². The third-order valence-corrected chi connectivity index (χ3v) is 6.92. The molecule has 3 N–H and O–H groups in total. The summed E-state index contributed by atoms with van der Waals surface area (Å²) in [6.07, 6.45) is -5.03. The number of carbonyl (C=O) groups is 3. The monoisotopic (exact) mass is 595 g/mol. The number of pyridine rings is 1. The number of benzene rings is 3. The van der Waals surface area contributed by atoms with Gasteiger partial charge in [-0.2, -0.15) is 0 Å². The average molecular weight is 596 g/mol. The number of nitrogens with zero attached hydrogens (tertiary/aromatic N) is 3. The molecule has 0 spiro atoms. The van der Waals surface area contributed by atoms with Gasteiger partial charge in [0.15, 0.2) is 24.0 Å². The molecule has 0 bridgehead atoms. The van der Waals surface area contributed by atoms with Gasteiger partial charge in [-0.05, 0) is 36.4 Å². The minimum atomic E-state index is -1.33. The number of nitrogens with one attached hydrogen (secondary N) is 1. The molecule has 13 heteroatoms. The van der Waals surface area contributed by atoms with Crippen molar-refractivity contribution in [2.24, 2.45) is 0 Å². The molecule has 1 aliphatic rings. The molecule has 3 aromatic carbocycles. The lowest BCUT2D eigenvalue weighted by Gasteiger charge is -2.24. The van der Waals surface area contributed by atoms with Gasteiger partial charge in [-0.25, -0.2) is 19.1 Å². The minimum absolute atomic E-state index is 0.0299. The van der Waals surface area contributed by atoms with Crippen molar-refractivity contribution in [3.8, 4) is 0 Å². The number of anilines is 1. The lowest BCUT2D eigenvalue weighted by molar-refractivity contribution is -0.0659. The predicted molar refractivity (Wildman–Crippen MR) is 154 cm³/mol. The van der Waals surface area contributed by atoms with Gasteiger partial charge in [0.25, 0.3) is 5.56 Å². The van der Waals surface area contributed by atoms with Gasteiger partial charge >= 0.3 is 17.9 Å². The van der Waals surface area contributed by atoms with Crippen molar-refractivity contribution < 1.29 is 33.3 Å². The Balaban J connectivity index is 1.39. The van der Waals surface area contributed by atoms with Crippen molar-refractivity contribution in [3.05, 3.63) is 124 Å². The molecule has 0 amide bonds. The number of hydrogen-bond acceptors (Lipinski definition) is 11. The zero-order chi connectivity index (χ0) is 30.6. The van der Waals surface area contributed by atoms with Crippen LogP contribution in [0.1, 0.15) is 37.3 Å². The fraction of sp³-hybridized carbons (Fsp3) is 0.161. The topological polar surface area (TPSA) is 178 Å². The Morgan fingerprint density at radius 2 is 1.32 bits per heavy atom. The van der Waals surface area contributed by atoms with E-state index in [0.717, 1.165) is 0 Å². The average Bonchev–Trinajstić information content (AvgIpc) is 3.62. The molecule has 0 aliphatic carbocycles. The molecule has 4 atom stereocenters. The maximum atomic E-state index is 13.3. The zero-order valence-corrected chi connectivity index (χ0v) is 22.9. The van der Waals surface area contributed by atoms with Crippen LogP contribution in [0.2, 0.25) is 0 Å². The largest absolute Gasteiger partial charge is 0.459 e. The van der Waals surface area contributed by atoms with E-state index >= 15 is 0 Å². The summed E-state index contributed by atoms with van der Waals surface area (Å²) in [6, 6.07) is 26.1. The van der Waals surface area contributed by atoms with Gasteiger partial charge in [-0.1, -0.05) is 59.8 Å². The molecule has 13 nitrogen and oxygen atoms in total. The first-order valence-electron chi connectivity index (χ1n) is 13.5. The van der Waals surface area contributed by atoms with Crippen LogP contribution in [0.4, 0.5) is 5.82 Å². The smallest absolute Gasteiger partial charge is 0.338 e. The summed E-state index contributed by atoms with van der Waals surface area (Å²) in [5.41, 5.74) is 6.17. The molecule has 6 rings (SSSR count). The second-order valence-corrected chi connectivity index (χ2v) is 9.82. The van der Waals surface area contributed by atoms with Crippen molar-refractivity contribution in [1.29, 1.82) is 0 Å². The van der Waals surface area contributed by atoms with E-state index in [0.29, 0.717) is 5.56 Å². The van der Waals surface area contributed by atoms with Gasteiger partial charge in [0, 0.05) is 6.07 Å². The molecule has 1 fully saturated rings. The number of nitrogens with two attached hydrogens (primary N) is 1. The van der Waals surface area contributed by atoms with Gasteiger partial charge < -0.3 is 29.7 Å². The molecule has 5 aromatic rings. The second kappa shape index (κ2) is 12.2.